The Morgan fingerprint density at radius 1 is 1.20 bits per heavy atom. The molecule has 3 nitrogen and oxygen atoms in total. The predicted molar refractivity (Wildman–Crippen MR) is 122 cm³/mol. The molecule has 1 aliphatic heterocycles. The van der Waals surface area contributed by atoms with Crippen LogP contribution >= 0.6 is 0 Å². The summed E-state index contributed by atoms with van der Waals surface area (Å²) in [5.74, 6) is 2.16. The van der Waals surface area contributed by atoms with Crippen LogP contribution in [0.5, 0.6) is 0 Å². The first-order chi connectivity index (χ1) is 14.3. The first-order valence-electron chi connectivity index (χ1n) is 12.2. The minimum absolute atomic E-state index is 0.143. The van der Waals surface area contributed by atoms with Crippen LogP contribution in [0.2, 0.25) is 0 Å². The molecule has 8 atom stereocenters. The van der Waals surface area contributed by atoms with Gasteiger partial charge in [-0.2, -0.15) is 0 Å². The Bertz CT molecular complexity index is 861. The smallest absolute Gasteiger partial charge is 0.0702 e. The maximum Gasteiger partial charge on any atom is 0.0702 e. The molecule has 4 aliphatic rings. The highest BCUT2D eigenvalue weighted by Crippen LogP contribution is 2.60. The Labute approximate surface area is 182 Å². The summed E-state index contributed by atoms with van der Waals surface area (Å²) in [6.07, 6.45) is 8.20. The van der Waals surface area contributed by atoms with Crippen LogP contribution in [0.15, 0.2) is 23.8 Å². The van der Waals surface area contributed by atoms with E-state index in [2.05, 4.69) is 51.2 Å². The molecule has 0 amide bonds. The van der Waals surface area contributed by atoms with Crippen LogP contribution in [0.3, 0.4) is 0 Å². The van der Waals surface area contributed by atoms with Crippen molar-refractivity contribution in [3.8, 4) is 0 Å². The first-order valence-corrected chi connectivity index (χ1v) is 12.2. The van der Waals surface area contributed by atoms with Gasteiger partial charge in [0.25, 0.3) is 0 Å². The lowest BCUT2D eigenvalue weighted by molar-refractivity contribution is 0.0656. The number of fused-ring (bicyclic) bond motifs is 5. The van der Waals surface area contributed by atoms with E-state index in [0.717, 1.165) is 38.6 Å². The molecular weight excluding hydrogens is 370 g/mol. The average molecular weight is 410 g/mol. The SMILES string of the molecule is Cc1c([C@H](C)[C@@H]2NC[C@H](C)C[C@@H]2O)ccc2c1C[C@@H]1[C@@H]2CC=C2C[C@@H](O)CC[C@]21C. The zero-order chi connectivity index (χ0) is 21.2. The van der Waals surface area contributed by atoms with E-state index in [0.29, 0.717) is 23.7 Å². The van der Waals surface area contributed by atoms with E-state index >= 15 is 0 Å². The standard InChI is InChI=1S/C27H39NO2/c1-15-11-25(30)26(28-14-15)17(3)20-7-8-21-22-6-5-18-12-19(29)9-10-27(18,4)24(22)13-23(21)16(20)2/h5,7-8,15,17,19,22,24-26,28-30H,6,9-14H2,1-4H3/t15-,17+,19+,22-,24-,25+,26+,27-/m1/s1. The fraction of sp³-hybridized carbons (Fsp3) is 0.704. The second-order valence-electron chi connectivity index (χ2n) is 11.2. The lowest BCUT2D eigenvalue weighted by Gasteiger charge is -2.48. The van der Waals surface area contributed by atoms with Gasteiger partial charge in [-0.25, -0.2) is 0 Å². The van der Waals surface area contributed by atoms with Crippen molar-refractivity contribution >= 4 is 0 Å². The Balaban J connectivity index is 1.44. The molecule has 1 aromatic rings. The van der Waals surface area contributed by atoms with Gasteiger partial charge in [0.2, 0.25) is 0 Å². The maximum atomic E-state index is 10.7. The largest absolute Gasteiger partial charge is 0.393 e. The molecule has 3 heteroatoms. The zero-order valence-corrected chi connectivity index (χ0v) is 19.1. The van der Waals surface area contributed by atoms with Crippen LogP contribution < -0.4 is 5.32 Å². The van der Waals surface area contributed by atoms with E-state index in [-0.39, 0.29) is 23.7 Å². The fourth-order valence-electron chi connectivity index (χ4n) is 7.49. The first kappa shape index (κ1) is 20.7. The third kappa shape index (κ3) is 3.12. The van der Waals surface area contributed by atoms with Gasteiger partial charge in [0, 0.05) is 6.04 Å². The van der Waals surface area contributed by atoms with Gasteiger partial charge >= 0.3 is 0 Å². The summed E-state index contributed by atoms with van der Waals surface area (Å²) in [6, 6.07) is 4.92. The van der Waals surface area contributed by atoms with E-state index < -0.39 is 0 Å². The molecular formula is C27H39NO2. The summed E-state index contributed by atoms with van der Waals surface area (Å²) < 4.78 is 0. The van der Waals surface area contributed by atoms with Gasteiger partial charge < -0.3 is 15.5 Å². The van der Waals surface area contributed by atoms with E-state index in [1.54, 1.807) is 11.1 Å². The lowest BCUT2D eigenvalue weighted by atomic mass is 9.57. The Morgan fingerprint density at radius 2 is 2.00 bits per heavy atom. The van der Waals surface area contributed by atoms with E-state index in [1.165, 1.54) is 23.1 Å². The maximum absolute atomic E-state index is 10.7. The molecule has 30 heavy (non-hydrogen) atoms. The quantitative estimate of drug-likeness (QED) is 0.626. The van der Waals surface area contributed by atoms with Crippen molar-refractivity contribution in [3.63, 3.8) is 0 Å². The summed E-state index contributed by atoms with van der Waals surface area (Å²) in [6.45, 7) is 10.3. The van der Waals surface area contributed by atoms with Crippen LogP contribution in [-0.4, -0.2) is 35.0 Å². The highest BCUT2D eigenvalue weighted by molar-refractivity contribution is 5.49. The van der Waals surface area contributed by atoms with Crippen molar-refractivity contribution in [3.05, 3.63) is 46.0 Å². The molecule has 2 fully saturated rings. The Morgan fingerprint density at radius 3 is 2.77 bits per heavy atom. The number of aliphatic hydroxyl groups is 2. The second-order valence-corrected chi connectivity index (χ2v) is 11.2. The average Bonchev–Trinajstić information content (AvgIpc) is 3.09. The van der Waals surface area contributed by atoms with Gasteiger partial charge in [0.05, 0.1) is 12.2 Å². The van der Waals surface area contributed by atoms with Crippen molar-refractivity contribution in [2.24, 2.45) is 17.3 Å². The number of rotatable bonds is 2. The number of nitrogens with one attached hydrogen (secondary N) is 1. The molecule has 5 rings (SSSR count). The van der Waals surface area contributed by atoms with Crippen molar-refractivity contribution in [1.29, 1.82) is 0 Å². The van der Waals surface area contributed by atoms with Gasteiger partial charge in [-0.15, -0.1) is 0 Å². The van der Waals surface area contributed by atoms with Crippen molar-refractivity contribution in [2.45, 2.75) is 96.3 Å². The minimum Gasteiger partial charge on any atom is -0.393 e. The number of hydrogen-bond donors (Lipinski definition) is 3. The van der Waals surface area contributed by atoms with Crippen LogP contribution in [0.1, 0.15) is 87.0 Å². The molecule has 1 aromatic carbocycles. The molecule has 0 bridgehead atoms. The summed E-state index contributed by atoms with van der Waals surface area (Å²) in [5.41, 5.74) is 7.79. The van der Waals surface area contributed by atoms with Gasteiger partial charge in [0.15, 0.2) is 0 Å². The van der Waals surface area contributed by atoms with Gasteiger partial charge in [-0.1, -0.05) is 44.6 Å². The van der Waals surface area contributed by atoms with Crippen LogP contribution in [0, 0.1) is 24.2 Å². The fourth-order valence-corrected chi connectivity index (χ4v) is 7.49. The summed E-state index contributed by atoms with van der Waals surface area (Å²) in [7, 11) is 0. The molecule has 3 N–H and O–H groups in total. The third-order valence-electron chi connectivity index (χ3n) is 9.40. The molecule has 1 heterocycles. The van der Waals surface area contributed by atoms with E-state index in [1.807, 2.05) is 0 Å². The van der Waals surface area contributed by atoms with E-state index in [9.17, 15) is 10.2 Å². The third-order valence-corrected chi connectivity index (χ3v) is 9.40. The number of allylic oxidation sites excluding steroid dienone is 1. The minimum atomic E-state index is -0.265. The second kappa shape index (κ2) is 7.46. The topological polar surface area (TPSA) is 52.5 Å². The predicted octanol–water partition coefficient (Wildman–Crippen LogP) is 4.59. The van der Waals surface area contributed by atoms with Crippen molar-refractivity contribution < 1.29 is 10.2 Å². The molecule has 164 valence electrons. The van der Waals surface area contributed by atoms with Crippen LogP contribution in [-0.2, 0) is 6.42 Å². The van der Waals surface area contributed by atoms with Gasteiger partial charge in [-0.05, 0) is 103 Å². The number of hydrogen-bond acceptors (Lipinski definition) is 3. The monoisotopic (exact) mass is 409 g/mol. The van der Waals surface area contributed by atoms with E-state index in [4.69, 9.17) is 0 Å². The Kier molecular flexibility index (Phi) is 5.16. The van der Waals surface area contributed by atoms with Crippen molar-refractivity contribution in [2.75, 3.05) is 6.54 Å². The molecule has 0 aromatic heterocycles. The Hall–Kier alpha value is -1.16. The molecule has 0 spiro atoms. The molecule has 1 saturated heterocycles. The summed E-state index contributed by atoms with van der Waals surface area (Å²) in [5, 5.41) is 24.6. The highest BCUT2D eigenvalue weighted by Gasteiger charge is 2.50. The number of aliphatic hydroxyl groups excluding tert-OH is 2. The molecule has 1 saturated carbocycles. The molecule has 0 unspecified atom stereocenters. The summed E-state index contributed by atoms with van der Waals surface area (Å²) in [4.78, 5) is 0. The zero-order valence-electron chi connectivity index (χ0n) is 19.1. The van der Waals surface area contributed by atoms with Gasteiger partial charge in [-0.3, -0.25) is 0 Å². The molecule has 0 radical (unpaired) electrons. The normalized spacial score (nSPS) is 41.5. The highest BCUT2D eigenvalue weighted by atomic mass is 16.3. The van der Waals surface area contributed by atoms with Crippen LogP contribution in [0.4, 0.5) is 0 Å². The lowest BCUT2D eigenvalue weighted by Crippen LogP contribution is -2.50. The number of piperidine rings is 1. The van der Waals surface area contributed by atoms with Gasteiger partial charge in [0.1, 0.15) is 0 Å². The summed E-state index contributed by atoms with van der Waals surface area (Å²) >= 11 is 0. The molecule has 3 aliphatic carbocycles. The van der Waals surface area contributed by atoms with Crippen LogP contribution in [0.25, 0.3) is 0 Å². The number of benzene rings is 1. The van der Waals surface area contributed by atoms with Crippen molar-refractivity contribution in [1.82, 2.24) is 5.32 Å².